The summed E-state index contributed by atoms with van der Waals surface area (Å²) < 4.78 is 21.1. The molecule has 0 aromatic carbocycles. The Kier molecular flexibility index (Phi) is 42.0. The first-order valence-corrected chi connectivity index (χ1v) is 22.7. The van der Waals surface area contributed by atoms with Crippen molar-refractivity contribution in [1.29, 1.82) is 0 Å². The van der Waals surface area contributed by atoms with Crippen LogP contribution in [-0.2, 0) is 23.7 Å². The SMILES string of the molecule is CCCCCCCCCCCCCCCCCCOC(=O)NC(CNC(=O)OCCCCCCCCCCCCCCCC)C(=O)NCCOCCOC. The number of hydrogen-bond donors (Lipinski definition) is 3. The second-order valence-corrected chi connectivity index (χ2v) is 15.1. The summed E-state index contributed by atoms with van der Waals surface area (Å²) >= 11 is 0. The minimum atomic E-state index is -1.00. The highest BCUT2D eigenvalue weighted by Crippen LogP contribution is 2.15. The second-order valence-electron chi connectivity index (χ2n) is 15.1. The summed E-state index contributed by atoms with van der Waals surface area (Å²) in [5.41, 5.74) is 0. The lowest BCUT2D eigenvalue weighted by atomic mass is 10.0. The van der Waals surface area contributed by atoms with E-state index in [1.165, 1.54) is 154 Å². The minimum Gasteiger partial charge on any atom is -0.450 e. The van der Waals surface area contributed by atoms with Gasteiger partial charge in [-0.15, -0.1) is 0 Å². The van der Waals surface area contributed by atoms with Crippen LogP contribution >= 0.6 is 0 Å². The number of alkyl carbamates (subject to hydrolysis) is 2. The number of nitrogens with one attached hydrogen (secondary N) is 3. The topological polar surface area (TPSA) is 124 Å². The minimum absolute atomic E-state index is 0.109. The number of methoxy groups -OCH3 is 1. The van der Waals surface area contributed by atoms with Gasteiger partial charge in [0.05, 0.1) is 39.6 Å². The fourth-order valence-electron chi connectivity index (χ4n) is 6.52. The second kappa shape index (κ2) is 43.7. The van der Waals surface area contributed by atoms with Gasteiger partial charge in [0.15, 0.2) is 0 Å². The lowest BCUT2D eigenvalue weighted by molar-refractivity contribution is -0.123. The van der Waals surface area contributed by atoms with Crippen LogP contribution in [0.1, 0.15) is 206 Å². The van der Waals surface area contributed by atoms with E-state index in [0.717, 1.165) is 38.5 Å². The standard InChI is InChI=1S/C44H87N3O7/c1-4-6-8-10-12-14-16-18-20-21-23-25-27-29-31-33-36-54-44(50)47-41(42(48)45-34-37-52-39-38-51-3)40-46-43(49)53-35-32-30-28-26-24-22-19-17-15-13-11-9-7-5-2/h41H,4-40H2,1-3H3,(H,45,48)(H,46,49)(H,47,50). The smallest absolute Gasteiger partial charge is 0.407 e. The third-order valence-electron chi connectivity index (χ3n) is 10.00. The first kappa shape index (κ1) is 51.9. The molecule has 0 bridgehead atoms. The average Bonchev–Trinajstić information content (AvgIpc) is 3.17. The fourth-order valence-corrected chi connectivity index (χ4v) is 6.52. The van der Waals surface area contributed by atoms with E-state index < -0.39 is 24.1 Å². The third kappa shape index (κ3) is 39.6. The molecular weight excluding hydrogens is 682 g/mol. The summed E-state index contributed by atoms with van der Waals surface area (Å²) in [5, 5.41) is 7.98. The molecule has 3 N–H and O–H groups in total. The molecule has 0 saturated heterocycles. The molecule has 0 aliphatic carbocycles. The van der Waals surface area contributed by atoms with Gasteiger partial charge in [-0.2, -0.15) is 0 Å². The number of unbranched alkanes of at least 4 members (excludes halogenated alkanes) is 28. The van der Waals surface area contributed by atoms with E-state index >= 15 is 0 Å². The van der Waals surface area contributed by atoms with Gasteiger partial charge in [-0.1, -0.05) is 194 Å². The molecule has 0 aromatic heterocycles. The van der Waals surface area contributed by atoms with Gasteiger partial charge >= 0.3 is 12.2 Å². The maximum Gasteiger partial charge on any atom is 0.407 e. The Labute approximate surface area is 332 Å². The van der Waals surface area contributed by atoms with E-state index in [1.54, 1.807) is 7.11 Å². The molecule has 0 fully saturated rings. The summed E-state index contributed by atoms with van der Waals surface area (Å²) in [5.74, 6) is -0.433. The molecule has 0 aliphatic rings. The van der Waals surface area contributed by atoms with Crippen LogP contribution in [0.25, 0.3) is 0 Å². The molecule has 0 rings (SSSR count). The normalized spacial score (nSPS) is 11.7. The van der Waals surface area contributed by atoms with Crippen LogP contribution in [-0.4, -0.2) is 77.4 Å². The quantitative estimate of drug-likeness (QED) is 0.0528. The molecule has 10 heteroatoms. The van der Waals surface area contributed by atoms with Crippen LogP contribution in [0.3, 0.4) is 0 Å². The lowest BCUT2D eigenvalue weighted by Crippen LogP contribution is -2.53. The van der Waals surface area contributed by atoms with Gasteiger partial charge in [0, 0.05) is 13.7 Å². The Morgan fingerprint density at radius 1 is 0.426 bits per heavy atom. The zero-order valence-electron chi connectivity index (χ0n) is 35.6. The molecule has 320 valence electrons. The van der Waals surface area contributed by atoms with Gasteiger partial charge in [-0.05, 0) is 12.8 Å². The highest BCUT2D eigenvalue weighted by Gasteiger charge is 2.22. The van der Waals surface area contributed by atoms with Gasteiger partial charge in [-0.25, -0.2) is 9.59 Å². The van der Waals surface area contributed by atoms with Crippen LogP contribution in [0.4, 0.5) is 9.59 Å². The van der Waals surface area contributed by atoms with E-state index in [4.69, 9.17) is 18.9 Å². The number of ether oxygens (including phenoxy) is 4. The van der Waals surface area contributed by atoms with E-state index in [0.29, 0.717) is 33.0 Å². The van der Waals surface area contributed by atoms with Crippen molar-refractivity contribution in [3.05, 3.63) is 0 Å². The van der Waals surface area contributed by atoms with E-state index in [9.17, 15) is 14.4 Å². The summed E-state index contributed by atoms with van der Waals surface area (Å²) in [6.45, 7) is 6.50. The number of rotatable bonds is 42. The van der Waals surface area contributed by atoms with Crippen molar-refractivity contribution in [2.75, 3.05) is 53.2 Å². The lowest BCUT2D eigenvalue weighted by Gasteiger charge is -2.19. The first-order chi connectivity index (χ1) is 26.5. The molecule has 0 aliphatic heterocycles. The summed E-state index contributed by atoms with van der Waals surface area (Å²) in [6.07, 6.45) is 36.9. The Hall–Kier alpha value is -2.07. The summed E-state index contributed by atoms with van der Waals surface area (Å²) in [7, 11) is 1.60. The predicted molar refractivity (Wildman–Crippen MR) is 223 cm³/mol. The number of amides is 3. The Morgan fingerprint density at radius 3 is 1.19 bits per heavy atom. The predicted octanol–water partition coefficient (Wildman–Crippen LogP) is 11.3. The van der Waals surface area contributed by atoms with E-state index in [-0.39, 0.29) is 13.1 Å². The maximum atomic E-state index is 12.9. The van der Waals surface area contributed by atoms with Gasteiger partial charge in [0.25, 0.3) is 0 Å². The zero-order chi connectivity index (χ0) is 39.4. The highest BCUT2D eigenvalue weighted by atomic mass is 16.6. The molecule has 1 unspecified atom stereocenters. The molecule has 0 spiro atoms. The van der Waals surface area contributed by atoms with Crippen LogP contribution in [0, 0.1) is 0 Å². The number of carbonyl (C=O) groups is 3. The molecule has 10 nitrogen and oxygen atoms in total. The highest BCUT2D eigenvalue weighted by molar-refractivity contribution is 5.86. The van der Waals surface area contributed by atoms with Crippen LogP contribution in [0.15, 0.2) is 0 Å². The molecule has 0 radical (unpaired) electrons. The van der Waals surface area contributed by atoms with Crippen molar-refractivity contribution in [3.63, 3.8) is 0 Å². The average molecular weight is 770 g/mol. The fraction of sp³-hybridized carbons (Fsp3) is 0.932. The Bertz CT molecular complexity index is 817. The van der Waals surface area contributed by atoms with Crippen LogP contribution < -0.4 is 16.0 Å². The zero-order valence-corrected chi connectivity index (χ0v) is 35.6. The largest absolute Gasteiger partial charge is 0.450 e. The third-order valence-corrected chi connectivity index (χ3v) is 10.00. The van der Waals surface area contributed by atoms with Crippen LogP contribution in [0.2, 0.25) is 0 Å². The van der Waals surface area contributed by atoms with Crippen molar-refractivity contribution < 1.29 is 33.3 Å². The maximum absolute atomic E-state index is 12.9. The van der Waals surface area contributed by atoms with Crippen molar-refractivity contribution in [1.82, 2.24) is 16.0 Å². The molecule has 0 saturated carbocycles. The monoisotopic (exact) mass is 770 g/mol. The molecule has 0 heterocycles. The molecule has 54 heavy (non-hydrogen) atoms. The van der Waals surface area contributed by atoms with Crippen molar-refractivity contribution in [2.45, 2.75) is 213 Å². The van der Waals surface area contributed by atoms with E-state index in [2.05, 4.69) is 29.8 Å². The van der Waals surface area contributed by atoms with Crippen molar-refractivity contribution >= 4 is 18.1 Å². The van der Waals surface area contributed by atoms with Gasteiger partial charge in [0.2, 0.25) is 5.91 Å². The molecule has 1 atom stereocenters. The summed E-state index contributed by atoms with van der Waals surface area (Å²) in [4.78, 5) is 37.8. The number of hydrogen-bond acceptors (Lipinski definition) is 7. The van der Waals surface area contributed by atoms with Crippen LogP contribution in [0.5, 0.6) is 0 Å². The molecular formula is C44H87N3O7. The number of carbonyl (C=O) groups excluding carboxylic acids is 3. The van der Waals surface area contributed by atoms with Gasteiger partial charge in [0.1, 0.15) is 6.04 Å². The molecule has 3 amide bonds. The van der Waals surface area contributed by atoms with E-state index in [1.807, 2.05) is 0 Å². The van der Waals surface area contributed by atoms with Crippen molar-refractivity contribution in [2.24, 2.45) is 0 Å². The Morgan fingerprint density at radius 2 is 0.796 bits per heavy atom. The first-order valence-electron chi connectivity index (χ1n) is 22.7. The Balaban J connectivity index is 4.11. The van der Waals surface area contributed by atoms with Gasteiger partial charge in [-0.3, -0.25) is 4.79 Å². The van der Waals surface area contributed by atoms with Gasteiger partial charge < -0.3 is 34.9 Å². The molecule has 0 aromatic rings. The summed E-state index contributed by atoms with van der Waals surface area (Å²) in [6, 6.07) is -1.00. The van der Waals surface area contributed by atoms with Crippen molar-refractivity contribution in [3.8, 4) is 0 Å².